The zero-order chi connectivity index (χ0) is 21.5. The minimum absolute atomic E-state index is 0.0657. The average Bonchev–Trinajstić information content (AvgIpc) is 3.41. The molecule has 2 aromatic carbocycles. The summed E-state index contributed by atoms with van der Waals surface area (Å²) in [6.45, 7) is 4.24. The molecule has 0 spiro atoms. The predicted octanol–water partition coefficient (Wildman–Crippen LogP) is 3.44. The number of carbonyl (C=O) groups excluding carboxylic acids is 1. The van der Waals surface area contributed by atoms with Gasteiger partial charge in [-0.1, -0.05) is 24.3 Å². The Morgan fingerprint density at radius 3 is 2.50 bits per heavy atom. The molecule has 1 aliphatic carbocycles. The first-order valence-electron chi connectivity index (χ1n) is 11.3. The van der Waals surface area contributed by atoms with Gasteiger partial charge >= 0.3 is 0 Å². The van der Waals surface area contributed by atoms with Gasteiger partial charge in [0, 0.05) is 38.6 Å². The summed E-state index contributed by atoms with van der Waals surface area (Å²) < 4.78 is 12.7. The van der Waals surface area contributed by atoms with Crippen LogP contribution in [0.2, 0.25) is 0 Å². The van der Waals surface area contributed by atoms with Crippen molar-refractivity contribution in [3.8, 4) is 17.2 Å². The molecule has 1 saturated heterocycles. The Labute approximate surface area is 187 Å². The van der Waals surface area contributed by atoms with E-state index < -0.39 is 0 Å². The van der Waals surface area contributed by atoms with Crippen molar-refractivity contribution < 1.29 is 14.3 Å². The van der Waals surface area contributed by atoms with E-state index in [0.29, 0.717) is 31.5 Å². The molecule has 3 heterocycles. The van der Waals surface area contributed by atoms with Gasteiger partial charge in [0.2, 0.25) is 6.79 Å². The molecule has 1 amide bonds. The fourth-order valence-corrected chi connectivity index (χ4v) is 4.46. The first kappa shape index (κ1) is 19.4. The van der Waals surface area contributed by atoms with E-state index in [-0.39, 0.29) is 5.91 Å². The van der Waals surface area contributed by atoms with Crippen LogP contribution in [0, 0.1) is 0 Å². The molecule has 3 aliphatic rings. The van der Waals surface area contributed by atoms with Crippen LogP contribution in [0.25, 0.3) is 5.69 Å². The molecule has 0 atom stereocenters. The maximum Gasteiger partial charge on any atom is 0.272 e. The Bertz CT molecular complexity index is 1130. The van der Waals surface area contributed by atoms with E-state index in [1.807, 2.05) is 52.0 Å². The molecule has 3 aromatic rings. The quantitative estimate of drug-likeness (QED) is 0.621. The van der Waals surface area contributed by atoms with Gasteiger partial charge in [-0.05, 0) is 48.7 Å². The Kier molecular flexibility index (Phi) is 4.83. The second-order valence-electron chi connectivity index (χ2n) is 8.73. The van der Waals surface area contributed by atoms with Gasteiger partial charge in [0.05, 0.1) is 11.4 Å². The topological polar surface area (TPSA) is 59.8 Å². The number of amides is 1. The van der Waals surface area contributed by atoms with Crippen molar-refractivity contribution in [3.63, 3.8) is 0 Å². The summed E-state index contributed by atoms with van der Waals surface area (Å²) in [5.74, 6) is 2.20. The van der Waals surface area contributed by atoms with Gasteiger partial charge in [0.1, 0.15) is 5.69 Å². The van der Waals surface area contributed by atoms with E-state index in [1.54, 1.807) is 0 Å². The van der Waals surface area contributed by atoms with E-state index >= 15 is 0 Å². The smallest absolute Gasteiger partial charge is 0.272 e. The summed E-state index contributed by atoms with van der Waals surface area (Å²) in [6, 6.07) is 18.1. The number of nitrogens with zero attached hydrogens (tertiary/aromatic N) is 4. The van der Waals surface area contributed by atoms with Crippen molar-refractivity contribution in [3.05, 3.63) is 71.5 Å². The maximum absolute atomic E-state index is 13.5. The van der Waals surface area contributed by atoms with E-state index in [2.05, 4.69) is 17.0 Å². The number of hydrogen-bond donors (Lipinski definition) is 0. The third-order valence-corrected chi connectivity index (χ3v) is 6.45. The predicted molar refractivity (Wildman–Crippen MR) is 119 cm³/mol. The highest BCUT2D eigenvalue weighted by molar-refractivity contribution is 5.93. The van der Waals surface area contributed by atoms with Crippen molar-refractivity contribution in [2.75, 3.05) is 33.0 Å². The van der Waals surface area contributed by atoms with Crippen LogP contribution in [0.15, 0.2) is 54.6 Å². The van der Waals surface area contributed by atoms with Crippen molar-refractivity contribution in [1.29, 1.82) is 0 Å². The highest BCUT2D eigenvalue weighted by atomic mass is 16.7. The maximum atomic E-state index is 13.5. The number of para-hydroxylation sites is 1. The van der Waals surface area contributed by atoms with Crippen LogP contribution >= 0.6 is 0 Å². The van der Waals surface area contributed by atoms with Gasteiger partial charge in [0.15, 0.2) is 11.5 Å². The second-order valence-corrected chi connectivity index (χ2v) is 8.73. The van der Waals surface area contributed by atoms with Crippen LogP contribution in [-0.4, -0.2) is 58.5 Å². The summed E-state index contributed by atoms with van der Waals surface area (Å²) in [7, 11) is 0. The molecule has 2 fully saturated rings. The number of benzene rings is 2. The summed E-state index contributed by atoms with van der Waals surface area (Å²) in [6.07, 6.45) is 2.33. The van der Waals surface area contributed by atoms with Gasteiger partial charge in [-0.2, -0.15) is 5.10 Å². The van der Waals surface area contributed by atoms with E-state index in [9.17, 15) is 4.79 Å². The van der Waals surface area contributed by atoms with Crippen molar-refractivity contribution >= 4 is 5.91 Å². The fourth-order valence-electron chi connectivity index (χ4n) is 4.46. The number of fused-ring (bicyclic) bond motifs is 1. The molecule has 0 N–H and O–H groups in total. The molecule has 2 aliphatic heterocycles. The Morgan fingerprint density at radius 1 is 0.938 bits per heavy atom. The van der Waals surface area contributed by atoms with Crippen molar-refractivity contribution in [2.45, 2.75) is 25.3 Å². The van der Waals surface area contributed by atoms with Gasteiger partial charge in [0.25, 0.3) is 5.91 Å². The molecule has 1 saturated carbocycles. The third-order valence-electron chi connectivity index (χ3n) is 6.45. The Morgan fingerprint density at radius 2 is 1.72 bits per heavy atom. The molecule has 0 bridgehead atoms. The number of rotatable bonds is 5. The lowest BCUT2D eigenvalue weighted by molar-refractivity contribution is 0.0619. The average molecular weight is 431 g/mol. The lowest BCUT2D eigenvalue weighted by atomic mass is 10.1. The minimum Gasteiger partial charge on any atom is -0.454 e. The SMILES string of the molecule is O=C(c1cc(C2CC2)nn1-c1ccccc1)N1CCN(Cc2ccc3c(c2)OCO3)CC1. The van der Waals surface area contributed by atoms with Gasteiger partial charge < -0.3 is 14.4 Å². The van der Waals surface area contributed by atoms with Crippen LogP contribution in [0.4, 0.5) is 0 Å². The molecule has 1 aromatic heterocycles. The van der Waals surface area contributed by atoms with Crippen LogP contribution < -0.4 is 9.47 Å². The first-order chi connectivity index (χ1) is 15.7. The largest absolute Gasteiger partial charge is 0.454 e. The zero-order valence-electron chi connectivity index (χ0n) is 17.9. The Hall–Kier alpha value is -3.32. The third kappa shape index (κ3) is 3.73. The number of hydrogen-bond acceptors (Lipinski definition) is 5. The Balaban J connectivity index is 1.15. The van der Waals surface area contributed by atoms with E-state index in [1.165, 1.54) is 5.56 Å². The molecule has 6 rings (SSSR count). The molecule has 7 heteroatoms. The standard InChI is InChI=1S/C25H26N4O3/c30-25(22-15-21(19-7-8-19)26-29(22)20-4-2-1-3-5-20)28-12-10-27(11-13-28)16-18-6-9-23-24(14-18)32-17-31-23/h1-6,9,14-15,19H,7-8,10-13,16-17H2. The van der Waals surface area contributed by atoms with Gasteiger partial charge in [-0.15, -0.1) is 0 Å². The fraction of sp³-hybridized carbons (Fsp3) is 0.360. The van der Waals surface area contributed by atoms with Crippen LogP contribution in [0.1, 0.15) is 40.5 Å². The summed E-state index contributed by atoms with van der Waals surface area (Å²) in [5, 5.41) is 4.79. The normalized spacial score (nSPS) is 18.2. The second kappa shape index (κ2) is 7.98. The minimum atomic E-state index is 0.0657. The number of aromatic nitrogens is 2. The van der Waals surface area contributed by atoms with Gasteiger partial charge in [-0.3, -0.25) is 9.69 Å². The lowest BCUT2D eigenvalue weighted by Gasteiger charge is -2.34. The van der Waals surface area contributed by atoms with E-state index in [4.69, 9.17) is 14.6 Å². The molecule has 0 unspecified atom stereocenters. The van der Waals surface area contributed by atoms with Crippen LogP contribution in [-0.2, 0) is 6.54 Å². The lowest BCUT2D eigenvalue weighted by Crippen LogP contribution is -2.48. The van der Waals surface area contributed by atoms with E-state index in [0.717, 1.165) is 55.4 Å². The summed E-state index contributed by atoms with van der Waals surface area (Å²) in [4.78, 5) is 17.8. The molecular weight excluding hydrogens is 404 g/mol. The molecule has 7 nitrogen and oxygen atoms in total. The van der Waals surface area contributed by atoms with Gasteiger partial charge in [-0.25, -0.2) is 4.68 Å². The summed E-state index contributed by atoms with van der Waals surface area (Å²) in [5.41, 5.74) is 3.84. The number of piperazine rings is 1. The van der Waals surface area contributed by atoms with Crippen LogP contribution in [0.5, 0.6) is 11.5 Å². The molecule has 0 radical (unpaired) electrons. The number of ether oxygens (including phenoxy) is 2. The zero-order valence-corrected chi connectivity index (χ0v) is 17.9. The monoisotopic (exact) mass is 430 g/mol. The molecular formula is C25H26N4O3. The number of carbonyl (C=O) groups is 1. The molecule has 164 valence electrons. The molecule has 32 heavy (non-hydrogen) atoms. The van der Waals surface area contributed by atoms with Crippen molar-refractivity contribution in [2.24, 2.45) is 0 Å². The highest BCUT2D eigenvalue weighted by Crippen LogP contribution is 2.40. The highest BCUT2D eigenvalue weighted by Gasteiger charge is 2.31. The van der Waals surface area contributed by atoms with Crippen molar-refractivity contribution in [1.82, 2.24) is 19.6 Å². The summed E-state index contributed by atoms with van der Waals surface area (Å²) >= 11 is 0. The first-order valence-corrected chi connectivity index (χ1v) is 11.3. The van der Waals surface area contributed by atoms with Crippen LogP contribution in [0.3, 0.4) is 0 Å².